The average molecular weight is 454 g/mol. The number of carbonyl (C=O) groups excluding carboxylic acids is 1. The van der Waals surface area contributed by atoms with E-state index >= 15 is 0 Å². The first-order valence-electron chi connectivity index (χ1n) is 9.57. The van der Waals surface area contributed by atoms with Crippen molar-refractivity contribution in [2.45, 2.75) is 6.61 Å². The fourth-order valence-electron chi connectivity index (χ4n) is 2.86. The van der Waals surface area contributed by atoms with Crippen LogP contribution in [0.5, 0.6) is 5.75 Å². The van der Waals surface area contributed by atoms with Crippen molar-refractivity contribution >= 4 is 29.4 Å². The molecule has 3 aromatic rings. The zero-order valence-corrected chi connectivity index (χ0v) is 17.9. The van der Waals surface area contributed by atoms with E-state index in [0.29, 0.717) is 16.5 Å². The Hall–Kier alpha value is -3.68. The number of hydrogen-bond donors (Lipinski definition) is 3. The van der Waals surface area contributed by atoms with Crippen LogP contribution in [0, 0.1) is 5.82 Å². The number of carbonyl (C=O) groups is 1. The van der Waals surface area contributed by atoms with Crippen molar-refractivity contribution in [1.82, 2.24) is 0 Å². The lowest BCUT2D eigenvalue weighted by Gasteiger charge is -2.13. The Morgan fingerprint density at radius 2 is 1.78 bits per heavy atom. The summed E-state index contributed by atoms with van der Waals surface area (Å²) in [6.45, 7) is -0.393. The molecule has 8 heteroatoms. The normalized spacial score (nSPS) is 11.9. The second kappa shape index (κ2) is 10.6. The maximum Gasteiger partial charge on any atom is 0.293 e. The van der Waals surface area contributed by atoms with Gasteiger partial charge in [0, 0.05) is 29.5 Å². The maximum atomic E-state index is 13.6. The Balaban J connectivity index is 1.83. The van der Waals surface area contributed by atoms with Gasteiger partial charge in [-0.05, 0) is 59.7 Å². The largest absolute Gasteiger partial charge is 0.449 e. The molecular formula is C24H21ClFN3O3. The van der Waals surface area contributed by atoms with Gasteiger partial charge in [-0.1, -0.05) is 29.8 Å². The zero-order valence-electron chi connectivity index (χ0n) is 17.2. The highest BCUT2D eigenvalue weighted by Crippen LogP contribution is 2.26. The summed E-state index contributed by atoms with van der Waals surface area (Å²) < 4.78 is 19.4. The van der Waals surface area contributed by atoms with Gasteiger partial charge in [0.2, 0.25) is 5.76 Å². The standard InChI is InChI=1S/C24H21ClFN3O3/c1-28-13-22(27)23(24(31)29-19-7-5-18(25)6-8-19)32-20-9-2-15(3-10-20)16-4-11-21(26)17(12-16)14-30/h2-13,30H,14,27H2,1H3,(H,29,31)/b23-22-,28-13-. The topological polar surface area (TPSA) is 96.9 Å². The van der Waals surface area contributed by atoms with E-state index in [-0.39, 0.29) is 17.0 Å². The third-order valence-corrected chi connectivity index (χ3v) is 4.71. The summed E-state index contributed by atoms with van der Waals surface area (Å²) in [7, 11) is 1.53. The van der Waals surface area contributed by atoms with E-state index in [0.717, 1.165) is 11.1 Å². The number of rotatable bonds is 7. The molecule has 0 fully saturated rings. The number of nitrogens with two attached hydrogens (primary N) is 1. The van der Waals surface area contributed by atoms with Crippen LogP contribution in [0.25, 0.3) is 11.1 Å². The van der Waals surface area contributed by atoms with Gasteiger partial charge in [-0.15, -0.1) is 0 Å². The van der Waals surface area contributed by atoms with Gasteiger partial charge >= 0.3 is 0 Å². The zero-order chi connectivity index (χ0) is 23.1. The van der Waals surface area contributed by atoms with Crippen molar-refractivity contribution in [3.8, 4) is 16.9 Å². The molecular weight excluding hydrogens is 433 g/mol. The molecule has 3 rings (SSSR count). The summed E-state index contributed by atoms with van der Waals surface area (Å²) in [4.78, 5) is 16.6. The van der Waals surface area contributed by atoms with Gasteiger partial charge in [-0.25, -0.2) is 4.39 Å². The molecule has 1 amide bonds. The lowest BCUT2D eigenvalue weighted by Crippen LogP contribution is -2.23. The Morgan fingerprint density at radius 3 is 2.41 bits per heavy atom. The molecule has 0 aromatic heterocycles. The van der Waals surface area contributed by atoms with Crippen LogP contribution in [0.15, 0.2) is 83.2 Å². The van der Waals surface area contributed by atoms with Crippen LogP contribution in [-0.4, -0.2) is 24.3 Å². The lowest BCUT2D eigenvalue weighted by molar-refractivity contribution is -0.114. The molecule has 0 spiro atoms. The minimum absolute atomic E-state index is 0.0502. The van der Waals surface area contributed by atoms with Crippen molar-refractivity contribution in [2.24, 2.45) is 10.7 Å². The number of nitrogens with one attached hydrogen (secondary N) is 1. The lowest BCUT2D eigenvalue weighted by atomic mass is 10.0. The number of amides is 1. The molecule has 0 unspecified atom stereocenters. The third-order valence-electron chi connectivity index (χ3n) is 4.46. The van der Waals surface area contributed by atoms with E-state index in [2.05, 4.69) is 10.3 Å². The fourth-order valence-corrected chi connectivity index (χ4v) is 2.99. The van der Waals surface area contributed by atoms with E-state index < -0.39 is 18.3 Å². The number of allylic oxidation sites excluding steroid dienone is 1. The highest BCUT2D eigenvalue weighted by atomic mass is 35.5. The second-order valence-electron chi connectivity index (χ2n) is 6.72. The Bertz CT molecular complexity index is 1160. The molecule has 164 valence electrons. The van der Waals surface area contributed by atoms with Gasteiger partial charge in [-0.3, -0.25) is 9.79 Å². The molecule has 0 radical (unpaired) electrons. The minimum atomic E-state index is -0.556. The van der Waals surface area contributed by atoms with Crippen molar-refractivity contribution in [2.75, 3.05) is 12.4 Å². The molecule has 0 heterocycles. The van der Waals surface area contributed by atoms with Crippen molar-refractivity contribution < 1.29 is 19.0 Å². The van der Waals surface area contributed by atoms with Crippen LogP contribution < -0.4 is 15.8 Å². The summed E-state index contributed by atoms with van der Waals surface area (Å²) in [5, 5.41) is 12.5. The van der Waals surface area contributed by atoms with Gasteiger partial charge in [-0.2, -0.15) is 0 Å². The number of hydrogen-bond acceptors (Lipinski definition) is 5. The first kappa shape index (κ1) is 23.0. The Kier molecular flexibility index (Phi) is 7.59. The molecule has 0 bridgehead atoms. The van der Waals surface area contributed by atoms with Gasteiger partial charge in [0.25, 0.3) is 5.91 Å². The van der Waals surface area contributed by atoms with Crippen LogP contribution in [-0.2, 0) is 11.4 Å². The molecule has 0 aliphatic carbocycles. The Labute approximate surface area is 189 Å². The molecule has 4 N–H and O–H groups in total. The number of aliphatic imine (C=N–C) groups is 1. The summed E-state index contributed by atoms with van der Waals surface area (Å²) in [6.07, 6.45) is 1.32. The molecule has 0 aliphatic heterocycles. The molecule has 0 atom stereocenters. The van der Waals surface area contributed by atoms with Gasteiger partial charge in [0.05, 0.1) is 12.3 Å². The summed E-state index contributed by atoms with van der Waals surface area (Å²) in [6, 6.07) is 17.9. The smallest absolute Gasteiger partial charge is 0.293 e. The summed E-state index contributed by atoms with van der Waals surface area (Å²) >= 11 is 5.88. The predicted molar refractivity (Wildman–Crippen MR) is 124 cm³/mol. The molecule has 3 aromatic carbocycles. The van der Waals surface area contributed by atoms with Crippen LogP contribution in [0.4, 0.5) is 10.1 Å². The average Bonchev–Trinajstić information content (AvgIpc) is 2.80. The van der Waals surface area contributed by atoms with E-state index in [1.165, 1.54) is 19.3 Å². The van der Waals surface area contributed by atoms with Gasteiger partial charge < -0.3 is 20.9 Å². The van der Waals surface area contributed by atoms with E-state index in [9.17, 15) is 14.3 Å². The van der Waals surface area contributed by atoms with Crippen LogP contribution in [0.2, 0.25) is 5.02 Å². The first-order chi connectivity index (χ1) is 15.4. The number of aliphatic hydroxyl groups excluding tert-OH is 1. The number of benzene rings is 3. The van der Waals surface area contributed by atoms with Gasteiger partial charge in [0.15, 0.2) is 0 Å². The molecule has 6 nitrogen and oxygen atoms in total. The van der Waals surface area contributed by atoms with E-state index in [1.807, 2.05) is 0 Å². The highest BCUT2D eigenvalue weighted by Gasteiger charge is 2.17. The number of halogens is 2. The van der Waals surface area contributed by atoms with Gasteiger partial charge in [0.1, 0.15) is 11.6 Å². The number of ether oxygens (including phenoxy) is 1. The fraction of sp³-hybridized carbons (Fsp3) is 0.0833. The SMILES string of the molecule is C/N=C\C(N)=C(\Oc1ccc(-c2ccc(F)c(CO)c2)cc1)C(=O)Nc1ccc(Cl)cc1. The van der Waals surface area contributed by atoms with E-state index in [4.69, 9.17) is 22.1 Å². The number of aliphatic hydroxyl groups is 1. The maximum absolute atomic E-state index is 13.6. The molecule has 0 aliphatic rings. The predicted octanol–water partition coefficient (Wildman–Crippen LogP) is 4.53. The quantitative estimate of drug-likeness (QED) is 0.278. The van der Waals surface area contributed by atoms with Crippen molar-refractivity contribution in [3.05, 3.63) is 94.6 Å². The molecule has 0 saturated heterocycles. The summed E-state index contributed by atoms with van der Waals surface area (Å²) in [5.74, 6) is -0.778. The van der Waals surface area contributed by atoms with E-state index in [1.54, 1.807) is 60.7 Å². The first-order valence-corrected chi connectivity index (χ1v) is 9.95. The van der Waals surface area contributed by atoms with Crippen molar-refractivity contribution in [1.29, 1.82) is 0 Å². The second-order valence-corrected chi connectivity index (χ2v) is 7.16. The van der Waals surface area contributed by atoms with Crippen molar-refractivity contribution in [3.63, 3.8) is 0 Å². The van der Waals surface area contributed by atoms with Crippen LogP contribution >= 0.6 is 11.6 Å². The Morgan fingerprint density at radius 1 is 1.12 bits per heavy atom. The summed E-state index contributed by atoms with van der Waals surface area (Å²) in [5.41, 5.74) is 8.28. The number of nitrogens with zero attached hydrogens (tertiary/aromatic N) is 1. The molecule has 32 heavy (non-hydrogen) atoms. The third kappa shape index (κ3) is 5.72. The molecule has 0 saturated carbocycles. The number of anilines is 1. The van der Waals surface area contributed by atoms with Crippen LogP contribution in [0.3, 0.4) is 0 Å². The monoisotopic (exact) mass is 453 g/mol. The minimum Gasteiger partial charge on any atom is -0.449 e. The highest BCUT2D eigenvalue weighted by molar-refractivity contribution is 6.30. The van der Waals surface area contributed by atoms with Crippen LogP contribution in [0.1, 0.15) is 5.56 Å².